The van der Waals surface area contributed by atoms with Crippen molar-refractivity contribution < 1.29 is 0 Å². The Hall–Kier alpha value is -0.0400. The molecule has 1 unspecified atom stereocenters. The minimum atomic E-state index is 0. The molecule has 0 aromatic carbocycles. The fourth-order valence-electron chi connectivity index (χ4n) is 3.03. The molecule has 0 saturated carbocycles. The van der Waals surface area contributed by atoms with E-state index in [0.29, 0.717) is 12.0 Å². The number of aliphatic imine (C=N–C) groups is 1. The molecule has 1 saturated heterocycles. The average Bonchev–Trinajstić information content (AvgIpc) is 2.61. The van der Waals surface area contributed by atoms with Crippen LogP contribution in [0.3, 0.4) is 0 Å². The average molecular weight is 410 g/mol. The van der Waals surface area contributed by atoms with Crippen LogP contribution in [0, 0.1) is 5.92 Å². The summed E-state index contributed by atoms with van der Waals surface area (Å²) in [4.78, 5) is 11.7. The summed E-state index contributed by atoms with van der Waals surface area (Å²) in [5.41, 5.74) is 0. The van der Waals surface area contributed by atoms with Gasteiger partial charge in [0.05, 0.1) is 6.54 Å². The van der Waals surface area contributed by atoms with Gasteiger partial charge in [-0.1, -0.05) is 26.7 Å². The van der Waals surface area contributed by atoms with Gasteiger partial charge in [-0.2, -0.15) is 0 Å². The van der Waals surface area contributed by atoms with Crippen molar-refractivity contribution in [2.45, 2.75) is 45.6 Å². The maximum absolute atomic E-state index is 4.88. The van der Waals surface area contributed by atoms with Crippen molar-refractivity contribution in [3.63, 3.8) is 0 Å². The van der Waals surface area contributed by atoms with Crippen LogP contribution in [0.15, 0.2) is 4.99 Å². The molecule has 1 fully saturated rings. The van der Waals surface area contributed by atoms with Gasteiger partial charge in [0.25, 0.3) is 0 Å². The fourth-order valence-corrected chi connectivity index (χ4v) is 3.03. The van der Waals surface area contributed by atoms with E-state index in [-0.39, 0.29) is 24.0 Å². The highest BCUT2D eigenvalue weighted by molar-refractivity contribution is 14.0. The predicted molar refractivity (Wildman–Crippen MR) is 104 cm³/mol. The molecule has 0 aliphatic carbocycles. The first-order valence-electron chi connectivity index (χ1n) is 8.06. The zero-order valence-electron chi connectivity index (χ0n) is 14.8. The van der Waals surface area contributed by atoms with Crippen molar-refractivity contribution in [2.24, 2.45) is 10.9 Å². The zero-order valence-corrected chi connectivity index (χ0v) is 17.1. The fraction of sp³-hybridized carbons (Fsp3) is 0.938. The number of rotatable bonds is 4. The maximum Gasteiger partial charge on any atom is 0.195 e. The lowest BCUT2D eigenvalue weighted by atomic mass is 10.0. The third kappa shape index (κ3) is 7.17. The molecule has 0 aromatic heterocycles. The lowest BCUT2D eigenvalue weighted by Crippen LogP contribution is -2.43. The highest BCUT2D eigenvalue weighted by Crippen LogP contribution is 2.18. The van der Waals surface area contributed by atoms with E-state index in [1.165, 1.54) is 38.8 Å². The molecule has 0 spiro atoms. The molecule has 0 bridgehead atoms. The molecule has 0 N–H and O–H groups in total. The second kappa shape index (κ2) is 10.6. The first-order valence-corrected chi connectivity index (χ1v) is 8.06. The number of halogens is 1. The molecule has 21 heavy (non-hydrogen) atoms. The number of hydrogen-bond acceptors (Lipinski definition) is 2. The van der Waals surface area contributed by atoms with E-state index < -0.39 is 0 Å². The molecule has 1 atom stereocenters. The van der Waals surface area contributed by atoms with Crippen molar-refractivity contribution in [1.29, 1.82) is 0 Å². The van der Waals surface area contributed by atoms with Gasteiger partial charge in [-0.05, 0) is 31.8 Å². The molecule has 126 valence electrons. The second-order valence-electron chi connectivity index (χ2n) is 6.69. The van der Waals surface area contributed by atoms with E-state index >= 15 is 0 Å². The van der Waals surface area contributed by atoms with Crippen LogP contribution >= 0.6 is 24.0 Å². The first-order chi connectivity index (χ1) is 9.43. The van der Waals surface area contributed by atoms with Crippen LogP contribution in [0.25, 0.3) is 0 Å². The van der Waals surface area contributed by atoms with Crippen molar-refractivity contribution in [3.05, 3.63) is 0 Å². The Kier molecular flexibility index (Phi) is 10.6. The SMILES string of the molecule is CC(C)C(CN=C(N(C)C)N(C)C)N1CCCCCC1.I. The van der Waals surface area contributed by atoms with Crippen molar-refractivity contribution in [3.8, 4) is 0 Å². The molecule has 1 rings (SSSR count). The molecular weight excluding hydrogens is 375 g/mol. The van der Waals surface area contributed by atoms with E-state index in [1.807, 2.05) is 0 Å². The molecule has 1 heterocycles. The highest BCUT2D eigenvalue weighted by atomic mass is 127. The summed E-state index contributed by atoms with van der Waals surface area (Å²) < 4.78 is 0. The quantitative estimate of drug-likeness (QED) is 0.404. The summed E-state index contributed by atoms with van der Waals surface area (Å²) in [5.74, 6) is 1.72. The predicted octanol–water partition coefficient (Wildman–Crippen LogP) is 2.98. The Balaban J connectivity index is 0.00000400. The van der Waals surface area contributed by atoms with Gasteiger partial charge in [-0.3, -0.25) is 9.89 Å². The third-order valence-corrected chi connectivity index (χ3v) is 4.10. The monoisotopic (exact) mass is 410 g/mol. The Labute approximate surface area is 149 Å². The van der Waals surface area contributed by atoms with Crippen LogP contribution in [-0.4, -0.2) is 74.5 Å². The van der Waals surface area contributed by atoms with Crippen LogP contribution in [0.1, 0.15) is 39.5 Å². The van der Waals surface area contributed by atoms with Crippen molar-refractivity contribution in [2.75, 3.05) is 47.8 Å². The second-order valence-corrected chi connectivity index (χ2v) is 6.69. The topological polar surface area (TPSA) is 22.1 Å². The minimum Gasteiger partial charge on any atom is -0.349 e. The molecule has 5 heteroatoms. The molecule has 0 amide bonds. The zero-order chi connectivity index (χ0) is 15.1. The molecule has 4 nitrogen and oxygen atoms in total. The van der Waals surface area contributed by atoms with Gasteiger partial charge in [0.15, 0.2) is 5.96 Å². The maximum atomic E-state index is 4.88. The number of nitrogens with zero attached hydrogens (tertiary/aromatic N) is 4. The van der Waals surface area contributed by atoms with E-state index in [2.05, 4.69) is 56.7 Å². The summed E-state index contributed by atoms with van der Waals surface area (Å²) in [6, 6.07) is 0.572. The van der Waals surface area contributed by atoms with E-state index in [4.69, 9.17) is 4.99 Å². The Morgan fingerprint density at radius 1 is 0.952 bits per heavy atom. The summed E-state index contributed by atoms with van der Waals surface area (Å²) in [6.07, 6.45) is 5.48. The van der Waals surface area contributed by atoms with E-state index in [1.54, 1.807) is 0 Å². The molecule has 0 radical (unpaired) electrons. The molecule has 0 aromatic rings. The minimum absolute atomic E-state index is 0. The van der Waals surface area contributed by atoms with Crippen molar-refractivity contribution in [1.82, 2.24) is 14.7 Å². The van der Waals surface area contributed by atoms with Gasteiger partial charge < -0.3 is 9.80 Å². The lowest BCUT2D eigenvalue weighted by Gasteiger charge is -2.33. The van der Waals surface area contributed by atoms with Crippen LogP contribution in [0.5, 0.6) is 0 Å². The van der Waals surface area contributed by atoms with Gasteiger partial charge in [0, 0.05) is 34.2 Å². The van der Waals surface area contributed by atoms with Gasteiger partial charge in [-0.25, -0.2) is 0 Å². The summed E-state index contributed by atoms with van der Waals surface area (Å²) >= 11 is 0. The number of guanidine groups is 1. The van der Waals surface area contributed by atoms with Crippen molar-refractivity contribution >= 4 is 29.9 Å². The van der Waals surface area contributed by atoms with E-state index in [9.17, 15) is 0 Å². The lowest BCUT2D eigenvalue weighted by molar-refractivity contribution is 0.165. The normalized spacial score (nSPS) is 17.7. The molecule has 1 aliphatic rings. The number of likely N-dealkylation sites (tertiary alicyclic amines) is 1. The standard InChI is InChI=1S/C16H34N4.HI/c1-14(2)15(20-11-9-7-8-10-12-20)13-17-16(18(3)4)19(5)6;/h14-15H,7-13H2,1-6H3;1H. The van der Waals surface area contributed by atoms with E-state index in [0.717, 1.165) is 12.5 Å². The van der Waals surface area contributed by atoms with Crippen LogP contribution < -0.4 is 0 Å². The largest absolute Gasteiger partial charge is 0.349 e. The van der Waals surface area contributed by atoms with Crippen LogP contribution in [0.4, 0.5) is 0 Å². The molecular formula is C16H35IN4. The summed E-state index contributed by atoms with van der Waals surface area (Å²) in [5, 5.41) is 0. The molecule has 1 aliphatic heterocycles. The van der Waals surface area contributed by atoms with Gasteiger partial charge in [-0.15, -0.1) is 24.0 Å². The Morgan fingerprint density at radius 3 is 1.81 bits per heavy atom. The van der Waals surface area contributed by atoms with Gasteiger partial charge >= 0.3 is 0 Å². The first kappa shape index (κ1) is 21.0. The van der Waals surface area contributed by atoms with Crippen LogP contribution in [0.2, 0.25) is 0 Å². The van der Waals surface area contributed by atoms with Gasteiger partial charge in [0.2, 0.25) is 0 Å². The Morgan fingerprint density at radius 2 is 1.43 bits per heavy atom. The highest BCUT2D eigenvalue weighted by Gasteiger charge is 2.22. The third-order valence-electron chi connectivity index (χ3n) is 4.10. The number of hydrogen-bond donors (Lipinski definition) is 0. The smallest absolute Gasteiger partial charge is 0.195 e. The summed E-state index contributed by atoms with van der Waals surface area (Å²) in [7, 11) is 8.26. The Bertz CT molecular complexity index is 285. The van der Waals surface area contributed by atoms with Crippen LogP contribution in [-0.2, 0) is 0 Å². The van der Waals surface area contributed by atoms with Gasteiger partial charge in [0.1, 0.15) is 0 Å². The summed E-state index contributed by atoms with van der Waals surface area (Å²) in [6.45, 7) is 8.06.